The molecule has 0 fully saturated rings. The van der Waals surface area contributed by atoms with Gasteiger partial charge in [-0.1, -0.05) is 18.2 Å². The first-order chi connectivity index (χ1) is 7.31. The number of rotatable bonds is 2. The lowest BCUT2D eigenvalue weighted by Crippen LogP contribution is -2.21. The molecule has 0 aromatic heterocycles. The third-order valence-electron chi connectivity index (χ3n) is 2.05. The highest BCUT2D eigenvalue weighted by Gasteiger charge is 2.30. The zero-order chi connectivity index (χ0) is 12.3. The van der Waals surface area contributed by atoms with Crippen LogP contribution in [0.3, 0.4) is 0 Å². The van der Waals surface area contributed by atoms with Gasteiger partial charge in [0.1, 0.15) is 0 Å². The summed E-state index contributed by atoms with van der Waals surface area (Å²) in [5.74, 6) is -0.937. The summed E-state index contributed by atoms with van der Waals surface area (Å²) in [7, 11) is 0. The second kappa shape index (κ2) is 4.55. The van der Waals surface area contributed by atoms with E-state index >= 15 is 0 Å². The van der Waals surface area contributed by atoms with Crippen molar-refractivity contribution in [1.82, 2.24) is 0 Å². The fourth-order valence-corrected chi connectivity index (χ4v) is 1.36. The van der Waals surface area contributed by atoms with Crippen LogP contribution in [-0.4, -0.2) is 18.8 Å². The number of halogens is 3. The van der Waals surface area contributed by atoms with Gasteiger partial charge in [-0.15, -0.1) is 0 Å². The van der Waals surface area contributed by atoms with Crippen LogP contribution >= 0.6 is 0 Å². The van der Waals surface area contributed by atoms with E-state index in [2.05, 4.69) is 4.74 Å². The average molecular weight is 232 g/mol. The number of alkyl halides is 3. The molecule has 0 aliphatic heterocycles. The Labute approximate surface area is 91.0 Å². The Balaban J connectivity index is 2.81. The molecule has 0 aliphatic rings. The van der Waals surface area contributed by atoms with Crippen LogP contribution in [0.2, 0.25) is 0 Å². The molecule has 1 aromatic carbocycles. The lowest BCUT2D eigenvalue weighted by atomic mass is 10.0. The molecule has 88 valence electrons. The first kappa shape index (κ1) is 12.5. The maximum Gasteiger partial charge on any atom is 0.422 e. The van der Waals surface area contributed by atoms with Crippen molar-refractivity contribution in [2.24, 2.45) is 0 Å². The van der Waals surface area contributed by atoms with Gasteiger partial charge in [-0.05, 0) is 25.0 Å². The first-order valence-electron chi connectivity index (χ1n) is 4.61. The van der Waals surface area contributed by atoms with E-state index in [0.717, 1.165) is 0 Å². The van der Waals surface area contributed by atoms with E-state index in [0.29, 0.717) is 11.1 Å². The van der Waals surface area contributed by atoms with Gasteiger partial charge in [0, 0.05) is 0 Å². The molecule has 0 saturated heterocycles. The van der Waals surface area contributed by atoms with Crippen molar-refractivity contribution in [1.29, 1.82) is 0 Å². The fraction of sp³-hybridized carbons (Fsp3) is 0.364. The van der Waals surface area contributed by atoms with Crippen LogP contribution in [0.5, 0.6) is 0 Å². The zero-order valence-electron chi connectivity index (χ0n) is 8.89. The van der Waals surface area contributed by atoms with E-state index in [1.54, 1.807) is 32.0 Å². The van der Waals surface area contributed by atoms with Crippen molar-refractivity contribution in [3.05, 3.63) is 34.9 Å². The van der Waals surface area contributed by atoms with Crippen molar-refractivity contribution in [3.63, 3.8) is 0 Å². The minimum atomic E-state index is -4.49. The Morgan fingerprint density at radius 2 is 1.75 bits per heavy atom. The summed E-state index contributed by atoms with van der Waals surface area (Å²) in [5, 5.41) is 0. The van der Waals surface area contributed by atoms with Gasteiger partial charge < -0.3 is 4.74 Å². The molecule has 0 amide bonds. The first-order valence-corrected chi connectivity index (χ1v) is 4.61. The molecule has 5 heteroatoms. The van der Waals surface area contributed by atoms with E-state index in [1.807, 2.05) is 0 Å². The molecule has 0 heterocycles. The molecule has 2 nitrogen and oxygen atoms in total. The van der Waals surface area contributed by atoms with E-state index in [9.17, 15) is 18.0 Å². The van der Waals surface area contributed by atoms with Gasteiger partial charge in [0.05, 0.1) is 5.56 Å². The summed E-state index contributed by atoms with van der Waals surface area (Å²) in [6.07, 6.45) is -4.49. The summed E-state index contributed by atoms with van der Waals surface area (Å²) < 4.78 is 39.8. The van der Waals surface area contributed by atoms with E-state index in [1.165, 1.54) is 0 Å². The molecular formula is C11H11F3O2. The van der Waals surface area contributed by atoms with Crippen LogP contribution in [0.4, 0.5) is 13.2 Å². The predicted octanol–water partition coefficient (Wildman–Crippen LogP) is 3.02. The van der Waals surface area contributed by atoms with Crippen LogP contribution < -0.4 is 0 Å². The van der Waals surface area contributed by atoms with E-state index in [4.69, 9.17) is 0 Å². The van der Waals surface area contributed by atoms with Crippen molar-refractivity contribution in [2.75, 3.05) is 6.61 Å². The second-order valence-electron chi connectivity index (χ2n) is 3.46. The maximum absolute atomic E-state index is 11.9. The van der Waals surface area contributed by atoms with Crippen LogP contribution in [-0.2, 0) is 4.74 Å². The van der Waals surface area contributed by atoms with Crippen molar-refractivity contribution >= 4 is 5.97 Å². The van der Waals surface area contributed by atoms with Gasteiger partial charge >= 0.3 is 12.1 Å². The lowest BCUT2D eigenvalue weighted by molar-refractivity contribution is -0.161. The molecule has 0 atom stereocenters. The lowest BCUT2D eigenvalue weighted by Gasteiger charge is -2.11. The largest absolute Gasteiger partial charge is 0.452 e. The van der Waals surface area contributed by atoms with E-state index < -0.39 is 18.8 Å². The minimum absolute atomic E-state index is 0.201. The Morgan fingerprint density at radius 1 is 1.25 bits per heavy atom. The van der Waals surface area contributed by atoms with Gasteiger partial charge in [0.2, 0.25) is 0 Å². The summed E-state index contributed by atoms with van der Waals surface area (Å²) in [5.41, 5.74) is 1.41. The SMILES string of the molecule is Cc1cccc(C)c1C(=O)OCC(F)(F)F. The van der Waals surface area contributed by atoms with Crippen molar-refractivity contribution in [3.8, 4) is 0 Å². The standard InChI is InChI=1S/C11H11F3O2/c1-7-4-3-5-8(2)9(7)10(15)16-6-11(12,13)14/h3-5H,6H2,1-2H3. The predicted molar refractivity (Wildman–Crippen MR) is 52.3 cm³/mol. The molecule has 0 aliphatic carbocycles. The number of ether oxygens (including phenoxy) is 1. The number of hydrogen-bond acceptors (Lipinski definition) is 2. The maximum atomic E-state index is 11.9. The van der Waals surface area contributed by atoms with Gasteiger partial charge in [-0.3, -0.25) is 0 Å². The summed E-state index contributed by atoms with van der Waals surface area (Å²) in [6.45, 7) is 1.74. The Hall–Kier alpha value is -1.52. The van der Waals surface area contributed by atoms with Crippen LogP contribution in [0.25, 0.3) is 0 Å². The Bertz CT molecular complexity index is 376. The molecule has 0 spiro atoms. The van der Waals surface area contributed by atoms with Gasteiger partial charge in [-0.2, -0.15) is 13.2 Å². The van der Waals surface area contributed by atoms with Crippen LogP contribution in [0, 0.1) is 13.8 Å². The molecule has 0 bridgehead atoms. The van der Waals surface area contributed by atoms with Crippen LogP contribution in [0.15, 0.2) is 18.2 Å². The zero-order valence-corrected chi connectivity index (χ0v) is 8.89. The Kier molecular flexibility index (Phi) is 3.57. The molecule has 1 rings (SSSR count). The highest BCUT2D eigenvalue weighted by atomic mass is 19.4. The smallest absolute Gasteiger partial charge is 0.422 e. The van der Waals surface area contributed by atoms with Gasteiger partial charge in [0.15, 0.2) is 6.61 Å². The van der Waals surface area contributed by atoms with E-state index in [-0.39, 0.29) is 5.56 Å². The monoisotopic (exact) mass is 232 g/mol. The van der Waals surface area contributed by atoms with Gasteiger partial charge in [0.25, 0.3) is 0 Å². The molecule has 0 N–H and O–H groups in total. The number of carbonyl (C=O) groups excluding carboxylic acids is 1. The van der Waals surface area contributed by atoms with Crippen molar-refractivity contribution in [2.45, 2.75) is 20.0 Å². The molecule has 0 unspecified atom stereocenters. The topological polar surface area (TPSA) is 26.3 Å². The summed E-state index contributed by atoms with van der Waals surface area (Å²) in [6, 6.07) is 5.03. The number of aryl methyl sites for hydroxylation is 2. The third kappa shape index (κ3) is 3.25. The molecular weight excluding hydrogens is 221 g/mol. The van der Waals surface area contributed by atoms with Gasteiger partial charge in [-0.25, -0.2) is 4.79 Å². The van der Waals surface area contributed by atoms with Crippen LogP contribution in [0.1, 0.15) is 21.5 Å². The quantitative estimate of drug-likeness (QED) is 0.732. The number of esters is 1. The Morgan fingerprint density at radius 3 is 2.19 bits per heavy atom. The highest BCUT2D eigenvalue weighted by molar-refractivity contribution is 5.92. The number of carbonyl (C=O) groups is 1. The molecule has 0 radical (unpaired) electrons. The summed E-state index contributed by atoms with van der Waals surface area (Å²) in [4.78, 5) is 11.4. The van der Waals surface area contributed by atoms with Crippen molar-refractivity contribution < 1.29 is 22.7 Å². The average Bonchev–Trinajstić information content (AvgIpc) is 2.13. The fourth-order valence-electron chi connectivity index (χ4n) is 1.36. The second-order valence-corrected chi connectivity index (χ2v) is 3.46. The normalized spacial score (nSPS) is 11.3. The summed E-state index contributed by atoms with van der Waals surface area (Å²) >= 11 is 0. The molecule has 0 saturated carbocycles. The number of hydrogen-bond donors (Lipinski definition) is 0. The molecule has 1 aromatic rings. The minimum Gasteiger partial charge on any atom is -0.452 e. The third-order valence-corrected chi connectivity index (χ3v) is 2.05. The molecule has 16 heavy (non-hydrogen) atoms. The highest BCUT2D eigenvalue weighted by Crippen LogP contribution is 2.18. The number of benzene rings is 1.